The Kier molecular flexibility index (Phi) is 4.83. The van der Waals surface area contributed by atoms with E-state index in [1.54, 1.807) is 0 Å². The van der Waals surface area contributed by atoms with E-state index in [4.69, 9.17) is 9.47 Å². The summed E-state index contributed by atoms with van der Waals surface area (Å²) in [7, 11) is 0. The van der Waals surface area contributed by atoms with Crippen LogP contribution in [0.25, 0.3) is 0 Å². The van der Waals surface area contributed by atoms with Gasteiger partial charge in [-0.15, -0.1) is 0 Å². The molecule has 3 fully saturated rings. The van der Waals surface area contributed by atoms with Crippen LogP contribution in [0.5, 0.6) is 0 Å². The van der Waals surface area contributed by atoms with Gasteiger partial charge in [0.25, 0.3) is 0 Å². The highest BCUT2D eigenvalue weighted by Crippen LogP contribution is 2.41. The molecule has 28 heavy (non-hydrogen) atoms. The second-order valence-corrected chi connectivity index (χ2v) is 7.47. The second-order valence-electron chi connectivity index (χ2n) is 7.47. The highest BCUT2D eigenvalue weighted by molar-refractivity contribution is 6.26. The molecule has 4 rings (SSSR count). The first-order valence-corrected chi connectivity index (χ1v) is 9.14. The predicted octanol–water partition coefficient (Wildman–Crippen LogP) is 2.38. The maximum absolute atomic E-state index is 13.0. The Hall–Kier alpha value is -2.13. The Bertz CT molecular complexity index is 811. The molecule has 2 heterocycles. The molecule has 1 aliphatic heterocycles. The monoisotopic (exact) mass is 397 g/mol. The number of hydrogen-bond donors (Lipinski definition) is 0. The van der Waals surface area contributed by atoms with Crippen molar-refractivity contribution in [2.24, 2.45) is 17.8 Å². The van der Waals surface area contributed by atoms with Gasteiger partial charge in [0.05, 0.1) is 25.5 Å². The number of nitrogens with zero attached hydrogens (tertiary/aromatic N) is 1. The van der Waals surface area contributed by atoms with E-state index < -0.39 is 35.1 Å². The van der Waals surface area contributed by atoms with Crippen molar-refractivity contribution in [2.45, 2.75) is 38.1 Å². The predicted molar refractivity (Wildman–Crippen MR) is 87.3 cm³/mol. The third-order valence-electron chi connectivity index (χ3n) is 5.66. The normalized spacial score (nSPS) is 27.8. The molecule has 0 spiro atoms. The number of halogens is 3. The Labute approximate surface area is 158 Å². The van der Waals surface area contributed by atoms with E-state index in [9.17, 15) is 27.6 Å². The number of carbonyl (C=O) groups is 3. The minimum Gasteiger partial charge on any atom is -0.376 e. The molecule has 2 atom stereocenters. The molecule has 3 aliphatic rings. The van der Waals surface area contributed by atoms with E-state index >= 15 is 0 Å². The van der Waals surface area contributed by atoms with Crippen LogP contribution >= 0.6 is 0 Å². The summed E-state index contributed by atoms with van der Waals surface area (Å²) in [5.41, 5.74) is -1.54. The van der Waals surface area contributed by atoms with Crippen molar-refractivity contribution >= 4 is 17.3 Å². The van der Waals surface area contributed by atoms with E-state index in [-0.39, 0.29) is 35.8 Å². The smallest absolute Gasteiger partial charge is 0.376 e. The van der Waals surface area contributed by atoms with Crippen molar-refractivity contribution in [3.05, 3.63) is 29.1 Å². The standard InChI is InChI=1S/C19H18F3NO5/c20-19(21,22)14-4-3-12(13(23-14)8-28-11-6-27-7-11)18(26)15-16(24)9-1-2-10(5-9)17(15)25/h3-4,9-11,15H,1-2,5-8H2. The van der Waals surface area contributed by atoms with Crippen LogP contribution in [0.4, 0.5) is 13.2 Å². The lowest BCUT2D eigenvalue weighted by molar-refractivity contribution is -0.143. The summed E-state index contributed by atoms with van der Waals surface area (Å²) >= 11 is 0. The minimum atomic E-state index is -4.69. The summed E-state index contributed by atoms with van der Waals surface area (Å²) < 4.78 is 49.5. The Morgan fingerprint density at radius 3 is 2.32 bits per heavy atom. The minimum absolute atomic E-state index is 0.166. The molecule has 1 aromatic heterocycles. The molecule has 9 heteroatoms. The van der Waals surface area contributed by atoms with E-state index in [2.05, 4.69) is 4.98 Å². The number of aromatic nitrogens is 1. The molecular formula is C19H18F3NO5. The third-order valence-corrected chi connectivity index (χ3v) is 5.66. The van der Waals surface area contributed by atoms with Crippen molar-refractivity contribution in [2.75, 3.05) is 13.2 Å². The van der Waals surface area contributed by atoms with Crippen molar-refractivity contribution < 1.29 is 37.0 Å². The molecule has 6 nitrogen and oxygen atoms in total. The number of pyridine rings is 1. The van der Waals surface area contributed by atoms with Crippen LogP contribution in [0.1, 0.15) is 41.0 Å². The zero-order valence-corrected chi connectivity index (χ0v) is 14.8. The number of Topliss-reactive ketones (excluding diaryl/α,β-unsaturated/α-hetero) is 3. The molecule has 2 saturated carbocycles. The number of fused-ring (bicyclic) bond motifs is 2. The molecule has 0 aromatic carbocycles. The lowest BCUT2D eigenvalue weighted by Gasteiger charge is -2.27. The lowest BCUT2D eigenvalue weighted by atomic mass is 9.75. The quantitative estimate of drug-likeness (QED) is 0.561. The molecule has 2 unspecified atom stereocenters. The van der Waals surface area contributed by atoms with Gasteiger partial charge in [-0.1, -0.05) is 0 Å². The molecule has 0 amide bonds. The van der Waals surface area contributed by atoms with Crippen LogP contribution in [-0.2, 0) is 31.8 Å². The van der Waals surface area contributed by atoms with Gasteiger partial charge in [-0.3, -0.25) is 14.4 Å². The number of rotatable bonds is 5. The molecule has 2 bridgehead atoms. The maximum Gasteiger partial charge on any atom is 0.433 e. The summed E-state index contributed by atoms with van der Waals surface area (Å²) in [6, 6.07) is 1.68. The topological polar surface area (TPSA) is 82.6 Å². The highest BCUT2D eigenvalue weighted by Gasteiger charge is 2.50. The fraction of sp³-hybridized carbons (Fsp3) is 0.579. The van der Waals surface area contributed by atoms with Crippen molar-refractivity contribution in [3.8, 4) is 0 Å². The van der Waals surface area contributed by atoms with Gasteiger partial charge < -0.3 is 9.47 Å². The van der Waals surface area contributed by atoms with E-state index in [1.807, 2.05) is 0 Å². The van der Waals surface area contributed by atoms with Gasteiger partial charge in [0.15, 0.2) is 17.3 Å². The molecular weight excluding hydrogens is 379 g/mol. The van der Waals surface area contributed by atoms with E-state index in [0.29, 0.717) is 38.5 Å². The molecule has 1 saturated heterocycles. The molecule has 0 radical (unpaired) electrons. The highest BCUT2D eigenvalue weighted by atomic mass is 19.4. The number of carbonyl (C=O) groups excluding carboxylic acids is 3. The first-order chi connectivity index (χ1) is 13.3. The first-order valence-electron chi connectivity index (χ1n) is 9.14. The second kappa shape index (κ2) is 7.04. The third kappa shape index (κ3) is 3.37. The summed E-state index contributed by atoms with van der Waals surface area (Å²) in [5, 5.41) is 0. The summed E-state index contributed by atoms with van der Waals surface area (Å²) in [6.07, 6.45) is -3.37. The van der Waals surface area contributed by atoms with Gasteiger partial charge in [0.1, 0.15) is 17.7 Å². The van der Waals surface area contributed by atoms with Gasteiger partial charge in [-0.25, -0.2) is 4.98 Å². The zero-order valence-electron chi connectivity index (χ0n) is 14.8. The Morgan fingerprint density at radius 1 is 1.14 bits per heavy atom. The van der Waals surface area contributed by atoms with Crippen LogP contribution in [0, 0.1) is 17.8 Å². The molecule has 2 aliphatic carbocycles. The number of ketones is 3. The van der Waals surface area contributed by atoms with Crippen LogP contribution in [-0.4, -0.2) is 41.7 Å². The van der Waals surface area contributed by atoms with Crippen LogP contribution < -0.4 is 0 Å². The zero-order chi connectivity index (χ0) is 20.1. The van der Waals surface area contributed by atoms with Crippen molar-refractivity contribution in [3.63, 3.8) is 0 Å². The fourth-order valence-corrected chi connectivity index (χ4v) is 4.02. The summed E-state index contributed by atoms with van der Waals surface area (Å²) in [6.45, 7) is 0.289. The Morgan fingerprint density at radius 2 is 1.79 bits per heavy atom. The van der Waals surface area contributed by atoms with Crippen LogP contribution in [0.3, 0.4) is 0 Å². The van der Waals surface area contributed by atoms with E-state index in [0.717, 1.165) is 6.07 Å². The van der Waals surface area contributed by atoms with Gasteiger partial charge >= 0.3 is 6.18 Å². The lowest BCUT2D eigenvalue weighted by Crippen LogP contribution is -2.42. The summed E-state index contributed by atoms with van der Waals surface area (Å²) in [4.78, 5) is 41.7. The van der Waals surface area contributed by atoms with Gasteiger partial charge in [0.2, 0.25) is 0 Å². The van der Waals surface area contributed by atoms with Crippen molar-refractivity contribution in [1.29, 1.82) is 0 Å². The summed E-state index contributed by atoms with van der Waals surface area (Å²) in [5.74, 6) is -3.74. The maximum atomic E-state index is 13.0. The molecule has 1 aromatic rings. The number of alkyl halides is 3. The Balaban J connectivity index is 1.65. The fourth-order valence-electron chi connectivity index (χ4n) is 4.02. The molecule has 0 N–H and O–H groups in total. The number of hydrogen-bond acceptors (Lipinski definition) is 6. The van der Waals surface area contributed by atoms with Gasteiger partial charge in [-0.05, 0) is 31.4 Å². The molecule has 150 valence electrons. The van der Waals surface area contributed by atoms with Crippen molar-refractivity contribution in [1.82, 2.24) is 4.98 Å². The average molecular weight is 397 g/mol. The first kappa shape index (κ1) is 19.2. The largest absolute Gasteiger partial charge is 0.433 e. The van der Waals surface area contributed by atoms with Crippen LogP contribution in [0.2, 0.25) is 0 Å². The SMILES string of the molecule is O=C(c1ccc(C(F)(F)F)nc1COC1COC1)C1C(=O)C2CCC(C2)C1=O. The van der Waals surface area contributed by atoms with Crippen LogP contribution in [0.15, 0.2) is 12.1 Å². The van der Waals surface area contributed by atoms with Gasteiger partial charge in [0, 0.05) is 17.4 Å². The van der Waals surface area contributed by atoms with E-state index in [1.165, 1.54) is 0 Å². The average Bonchev–Trinajstić information content (AvgIpc) is 3.05. The van der Waals surface area contributed by atoms with Gasteiger partial charge in [-0.2, -0.15) is 13.2 Å². The number of ether oxygens (including phenoxy) is 2.